The molecule has 0 aromatic heterocycles. The summed E-state index contributed by atoms with van der Waals surface area (Å²) in [5.41, 5.74) is 0. The molecule has 4 rings (SSSR count). The van der Waals surface area contributed by atoms with Crippen molar-refractivity contribution >= 4 is 5.97 Å². The highest BCUT2D eigenvalue weighted by atomic mass is 16.7. The number of carbonyl (C=O) groups is 1. The molecule has 19 heteroatoms. The first kappa shape index (κ1) is 38.6. The lowest BCUT2D eigenvalue weighted by molar-refractivity contribution is -0.354. The quantitative estimate of drug-likeness (QED) is 0.0981. The Bertz CT molecular complexity index is 1010. The van der Waals surface area contributed by atoms with Crippen LogP contribution in [0.2, 0.25) is 0 Å². The number of rotatable bonds is 11. The average Bonchev–Trinajstić information content (AvgIpc) is 3.03. The molecule has 274 valence electrons. The zero-order valence-electron chi connectivity index (χ0n) is 26.6. The van der Waals surface area contributed by atoms with Gasteiger partial charge < -0.3 is 88.6 Å². The zero-order chi connectivity index (χ0) is 34.9. The topological polar surface area (TPSA) is 282 Å². The Balaban J connectivity index is 1.48. The van der Waals surface area contributed by atoms with E-state index in [0.717, 1.165) is 0 Å². The first-order valence-electron chi connectivity index (χ1n) is 15.4. The molecule has 9 N–H and O–H groups in total. The van der Waals surface area contributed by atoms with Crippen LogP contribution in [0.15, 0.2) is 0 Å². The van der Waals surface area contributed by atoms with Gasteiger partial charge in [0.25, 0.3) is 0 Å². The summed E-state index contributed by atoms with van der Waals surface area (Å²) in [4.78, 5) is 11.4. The fourth-order valence-electron chi connectivity index (χ4n) is 6.32. The van der Waals surface area contributed by atoms with Crippen molar-refractivity contribution in [3.63, 3.8) is 0 Å². The highest BCUT2D eigenvalue weighted by Crippen LogP contribution is 2.33. The molecule has 0 aromatic carbocycles. The van der Waals surface area contributed by atoms with E-state index in [1.54, 1.807) is 20.8 Å². The molecule has 4 aliphatic rings. The number of aliphatic carboxylic acids is 1. The maximum Gasteiger partial charge on any atom is 0.335 e. The summed E-state index contributed by atoms with van der Waals surface area (Å²) >= 11 is 0. The number of hydrogen-bond donors (Lipinski definition) is 9. The molecule has 0 spiro atoms. The lowest BCUT2D eigenvalue weighted by Crippen LogP contribution is -2.65. The minimum atomic E-state index is -1.96. The fourth-order valence-corrected chi connectivity index (χ4v) is 6.32. The molecule has 0 saturated carbocycles. The van der Waals surface area contributed by atoms with Crippen molar-refractivity contribution in [2.75, 3.05) is 27.4 Å². The Morgan fingerprint density at radius 3 is 1.66 bits per heavy atom. The monoisotopic (exact) mass is 688 g/mol. The molecule has 0 bridgehead atoms. The normalized spacial score (nSPS) is 51.1. The molecule has 0 aliphatic carbocycles. The molecule has 4 saturated heterocycles. The second-order valence-corrected chi connectivity index (χ2v) is 12.3. The molecule has 0 amide bonds. The number of methoxy groups -OCH3 is 2. The van der Waals surface area contributed by atoms with Gasteiger partial charge in [-0.2, -0.15) is 0 Å². The molecule has 4 fully saturated rings. The summed E-state index contributed by atoms with van der Waals surface area (Å²) in [6.45, 7) is 4.18. The van der Waals surface area contributed by atoms with Gasteiger partial charge in [0, 0.05) is 14.2 Å². The van der Waals surface area contributed by atoms with Crippen LogP contribution in [0.5, 0.6) is 0 Å². The van der Waals surface area contributed by atoms with Crippen molar-refractivity contribution in [2.24, 2.45) is 0 Å². The minimum Gasteiger partial charge on any atom is -0.479 e. The van der Waals surface area contributed by atoms with Crippen molar-refractivity contribution in [3.8, 4) is 0 Å². The largest absolute Gasteiger partial charge is 0.479 e. The second-order valence-electron chi connectivity index (χ2n) is 12.3. The molecule has 13 unspecified atom stereocenters. The fraction of sp³-hybridized carbons (Fsp3) is 0.964. The van der Waals surface area contributed by atoms with Gasteiger partial charge in [-0.25, -0.2) is 4.79 Å². The van der Waals surface area contributed by atoms with Crippen LogP contribution in [-0.2, 0) is 47.4 Å². The van der Waals surface area contributed by atoms with Crippen molar-refractivity contribution in [2.45, 2.75) is 143 Å². The predicted octanol–water partition coefficient (Wildman–Crippen LogP) is -5.18. The number of carboxylic acid groups (broad SMARTS) is 1. The second kappa shape index (κ2) is 16.2. The average molecular weight is 689 g/mol. The van der Waals surface area contributed by atoms with Crippen LogP contribution in [0.1, 0.15) is 20.8 Å². The molecule has 0 aromatic rings. The third-order valence-corrected chi connectivity index (χ3v) is 9.13. The van der Waals surface area contributed by atoms with Gasteiger partial charge in [0.2, 0.25) is 0 Å². The van der Waals surface area contributed by atoms with Gasteiger partial charge in [-0.1, -0.05) is 0 Å². The van der Waals surface area contributed by atoms with Gasteiger partial charge in [-0.05, 0) is 20.8 Å². The zero-order valence-corrected chi connectivity index (χ0v) is 26.6. The van der Waals surface area contributed by atoms with Crippen LogP contribution >= 0.6 is 0 Å². The van der Waals surface area contributed by atoms with E-state index in [9.17, 15) is 50.8 Å². The standard InChI is InChI=1S/C28H48O19/c1-8-13(29)23(39-4)21(10(3)43-8)41-7-12-22(24(40-5)14(30)9(2)44-12)46-28-20(36)16(32)15(31)11(45-28)6-42-27-19(35)17(33)18(34)25(47-27)26(37)38/h8-25,27-36H,6-7H2,1-5H3,(H,37,38)/t8?,9?,10?,11?,12-,13-,14-,15+,16?,17?,18-,19?,20?,21?,22?,23?,24?,25?,27-,28+/m0/s1. The summed E-state index contributed by atoms with van der Waals surface area (Å²) in [6.07, 6.45) is -27.0. The maximum absolute atomic E-state index is 11.4. The minimum absolute atomic E-state index is 0.197. The van der Waals surface area contributed by atoms with Gasteiger partial charge in [-0.15, -0.1) is 0 Å². The van der Waals surface area contributed by atoms with Crippen molar-refractivity contribution in [1.82, 2.24) is 0 Å². The molecule has 47 heavy (non-hydrogen) atoms. The summed E-state index contributed by atoms with van der Waals surface area (Å²) < 4.78 is 51.1. The number of aliphatic hydroxyl groups excluding tert-OH is 8. The van der Waals surface area contributed by atoms with Crippen LogP contribution in [0, 0.1) is 0 Å². The Labute approximate surface area is 270 Å². The molecular weight excluding hydrogens is 640 g/mol. The lowest BCUT2D eigenvalue weighted by atomic mass is 9.94. The van der Waals surface area contributed by atoms with Crippen LogP contribution in [0.4, 0.5) is 0 Å². The first-order chi connectivity index (χ1) is 22.1. The molecule has 4 aliphatic heterocycles. The highest BCUT2D eigenvalue weighted by molar-refractivity contribution is 5.73. The SMILES string of the molecule is COC1C(OC[C@@H]2OC(C)[C@H](O)C(OC)C2O[C@H]2OC(CO[C@H]3OC(C(=O)O)[C@@H](O)C(O)C3O)[C@@H](O)C(O)C2O)C(C)OC(C)[C@@H]1O. The first-order valence-corrected chi connectivity index (χ1v) is 15.4. The lowest BCUT2D eigenvalue weighted by Gasteiger charge is -2.48. The van der Waals surface area contributed by atoms with Crippen LogP contribution in [-0.4, -0.2) is 202 Å². The predicted molar refractivity (Wildman–Crippen MR) is 150 cm³/mol. The molecular formula is C28H48O19. The Morgan fingerprint density at radius 1 is 0.532 bits per heavy atom. The number of ether oxygens (including phenoxy) is 9. The molecule has 0 radical (unpaired) electrons. The van der Waals surface area contributed by atoms with E-state index in [1.165, 1.54) is 14.2 Å². The smallest absolute Gasteiger partial charge is 0.335 e. The van der Waals surface area contributed by atoms with Gasteiger partial charge >= 0.3 is 5.97 Å². The maximum atomic E-state index is 11.4. The number of carboxylic acids is 1. The van der Waals surface area contributed by atoms with E-state index in [1.807, 2.05) is 0 Å². The van der Waals surface area contributed by atoms with E-state index in [2.05, 4.69) is 0 Å². The highest BCUT2D eigenvalue weighted by Gasteiger charge is 2.53. The van der Waals surface area contributed by atoms with Crippen LogP contribution < -0.4 is 0 Å². The van der Waals surface area contributed by atoms with Crippen LogP contribution in [0.3, 0.4) is 0 Å². The van der Waals surface area contributed by atoms with E-state index in [0.29, 0.717) is 0 Å². The van der Waals surface area contributed by atoms with Gasteiger partial charge in [-0.3, -0.25) is 0 Å². The summed E-state index contributed by atoms with van der Waals surface area (Å²) in [5.74, 6) is -1.63. The molecule has 4 heterocycles. The third-order valence-electron chi connectivity index (χ3n) is 9.13. The van der Waals surface area contributed by atoms with Gasteiger partial charge in [0.15, 0.2) is 18.7 Å². The Morgan fingerprint density at radius 2 is 1.06 bits per heavy atom. The van der Waals surface area contributed by atoms with E-state index in [4.69, 9.17) is 42.6 Å². The van der Waals surface area contributed by atoms with Crippen molar-refractivity contribution in [3.05, 3.63) is 0 Å². The van der Waals surface area contributed by atoms with Gasteiger partial charge in [0.1, 0.15) is 85.5 Å². The van der Waals surface area contributed by atoms with Crippen molar-refractivity contribution < 1.29 is 93.4 Å². The third kappa shape index (κ3) is 8.07. The van der Waals surface area contributed by atoms with E-state index in [-0.39, 0.29) is 6.61 Å². The van der Waals surface area contributed by atoms with E-state index < -0.39 is 135 Å². The Kier molecular flexibility index (Phi) is 13.3. The summed E-state index contributed by atoms with van der Waals surface area (Å²) in [5, 5.41) is 93.0. The van der Waals surface area contributed by atoms with Gasteiger partial charge in [0.05, 0.1) is 31.5 Å². The van der Waals surface area contributed by atoms with Crippen LogP contribution in [0.25, 0.3) is 0 Å². The summed E-state index contributed by atoms with van der Waals surface area (Å²) in [7, 11) is 2.74. The molecule has 19 nitrogen and oxygen atoms in total. The Hall–Kier alpha value is -1.21. The number of aliphatic hydroxyl groups is 8. The van der Waals surface area contributed by atoms with Crippen molar-refractivity contribution in [1.29, 1.82) is 0 Å². The number of hydrogen-bond acceptors (Lipinski definition) is 18. The van der Waals surface area contributed by atoms with E-state index >= 15 is 0 Å². The summed E-state index contributed by atoms with van der Waals surface area (Å²) in [6, 6.07) is 0. The molecule has 20 atom stereocenters.